The molecule has 0 atom stereocenters. The lowest BCUT2D eigenvalue weighted by molar-refractivity contribution is 0.269. The molecular weight excluding hydrogens is 234 g/mol. The minimum Gasteiger partial charge on any atom is -0.493 e. The molecule has 1 aromatic carbocycles. The third-order valence-corrected chi connectivity index (χ3v) is 2.39. The molecule has 0 amide bonds. The molecule has 1 heterocycles. The van der Waals surface area contributed by atoms with Crippen LogP contribution in [0, 0.1) is 6.92 Å². The second-order valence-corrected chi connectivity index (χ2v) is 3.71. The number of hydrogen-bond donors (Lipinski definition) is 1. The van der Waals surface area contributed by atoms with Gasteiger partial charge in [-0.1, -0.05) is 11.2 Å². The molecule has 2 aromatic rings. The van der Waals surface area contributed by atoms with Crippen LogP contribution in [0.15, 0.2) is 22.7 Å². The summed E-state index contributed by atoms with van der Waals surface area (Å²) in [7, 11) is 1.58. The Morgan fingerprint density at radius 3 is 2.78 bits per heavy atom. The van der Waals surface area contributed by atoms with Crippen molar-refractivity contribution in [1.29, 1.82) is 0 Å². The monoisotopic (exact) mass is 249 g/mol. The maximum absolute atomic E-state index is 5.58. The highest BCUT2D eigenvalue weighted by molar-refractivity contribution is 5.42. The van der Waals surface area contributed by atoms with Gasteiger partial charge in [0.05, 0.1) is 7.11 Å². The molecular formula is C12H15N3O3. The van der Waals surface area contributed by atoms with Crippen molar-refractivity contribution in [3.63, 3.8) is 0 Å². The summed E-state index contributed by atoms with van der Waals surface area (Å²) in [6.07, 6.45) is 0. The van der Waals surface area contributed by atoms with Crippen LogP contribution in [0.25, 0.3) is 0 Å². The number of nitrogens with two attached hydrogens (primary N) is 1. The van der Waals surface area contributed by atoms with Crippen LogP contribution in [0.1, 0.15) is 17.3 Å². The average molecular weight is 249 g/mol. The molecule has 0 aliphatic rings. The second kappa shape index (κ2) is 5.50. The first kappa shape index (κ1) is 12.4. The van der Waals surface area contributed by atoms with Gasteiger partial charge in [-0.15, -0.1) is 0 Å². The van der Waals surface area contributed by atoms with Crippen LogP contribution in [0.3, 0.4) is 0 Å². The quantitative estimate of drug-likeness (QED) is 0.862. The summed E-state index contributed by atoms with van der Waals surface area (Å²) < 4.78 is 15.7. The highest BCUT2D eigenvalue weighted by atomic mass is 16.5. The second-order valence-electron chi connectivity index (χ2n) is 3.71. The van der Waals surface area contributed by atoms with E-state index in [2.05, 4.69) is 10.1 Å². The van der Waals surface area contributed by atoms with Gasteiger partial charge < -0.3 is 19.7 Å². The van der Waals surface area contributed by atoms with Gasteiger partial charge in [0.2, 0.25) is 11.7 Å². The molecule has 0 fully saturated rings. The van der Waals surface area contributed by atoms with Crippen molar-refractivity contribution in [2.75, 3.05) is 7.11 Å². The van der Waals surface area contributed by atoms with E-state index in [9.17, 15) is 0 Å². The number of aromatic nitrogens is 2. The maximum atomic E-state index is 5.58. The van der Waals surface area contributed by atoms with Gasteiger partial charge in [-0.25, -0.2) is 0 Å². The van der Waals surface area contributed by atoms with Crippen LogP contribution < -0.4 is 15.2 Å². The molecule has 0 radical (unpaired) electrons. The van der Waals surface area contributed by atoms with E-state index in [1.54, 1.807) is 14.0 Å². The largest absolute Gasteiger partial charge is 0.493 e. The Labute approximate surface area is 105 Å². The lowest BCUT2D eigenvalue weighted by Gasteiger charge is -2.10. The summed E-state index contributed by atoms with van der Waals surface area (Å²) in [5, 5.41) is 3.75. The van der Waals surface area contributed by atoms with Crippen LogP contribution in [0.4, 0.5) is 0 Å². The molecule has 2 N–H and O–H groups in total. The van der Waals surface area contributed by atoms with Gasteiger partial charge in [0.1, 0.15) is 0 Å². The van der Waals surface area contributed by atoms with Crippen molar-refractivity contribution < 1.29 is 14.0 Å². The van der Waals surface area contributed by atoms with Crippen molar-refractivity contribution in [3.8, 4) is 11.5 Å². The van der Waals surface area contributed by atoms with E-state index in [0.717, 1.165) is 5.56 Å². The molecule has 0 saturated heterocycles. The fourth-order valence-corrected chi connectivity index (χ4v) is 1.50. The molecule has 2 rings (SSSR count). The smallest absolute Gasteiger partial charge is 0.223 e. The van der Waals surface area contributed by atoms with Crippen LogP contribution in [-0.4, -0.2) is 17.3 Å². The number of rotatable bonds is 5. The van der Waals surface area contributed by atoms with Crippen molar-refractivity contribution in [3.05, 3.63) is 35.5 Å². The molecule has 0 aliphatic heterocycles. The number of nitrogens with zero attached hydrogens (tertiary/aromatic N) is 2. The van der Waals surface area contributed by atoms with Crippen LogP contribution in [0.2, 0.25) is 0 Å². The van der Waals surface area contributed by atoms with Gasteiger partial charge in [0.25, 0.3) is 0 Å². The first-order valence-corrected chi connectivity index (χ1v) is 5.52. The fourth-order valence-electron chi connectivity index (χ4n) is 1.50. The topological polar surface area (TPSA) is 83.4 Å². The Morgan fingerprint density at radius 2 is 2.17 bits per heavy atom. The van der Waals surface area contributed by atoms with Crippen molar-refractivity contribution in [2.24, 2.45) is 5.73 Å². The fraction of sp³-hybridized carbons (Fsp3) is 0.333. The maximum Gasteiger partial charge on any atom is 0.223 e. The van der Waals surface area contributed by atoms with Crippen molar-refractivity contribution in [2.45, 2.75) is 20.1 Å². The third kappa shape index (κ3) is 2.78. The molecule has 18 heavy (non-hydrogen) atoms. The Bertz CT molecular complexity index is 525. The Morgan fingerprint density at radius 1 is 1.33 bits per heavy atom. The minimum atomic E-state index is 0.232. The standard InChI is InChI=1S/C12H15N3O3/c1-8-14-12(15-18-8)7-17-10-4-3-9(6-13)5-11(10)16-2/h3-5H,6-7,13H2,1-2H3. The number of aryl methyl sites for hydroxylation is 1. The van der Waals surface area contributed by atoms with Gasteiger partial charge in [-0.05, 0) is 17.7 Å². The van der Waals surface area contributed by atoms with Crippen LogP contribution in [-0.2, 0) is 13.2 Å². The SMILES string of the molecule is COc1cc(CN)ccc1OCc1noc(C)n1. The molecule has 0 saturated carbocycles. The van der Waals surface area contributed by atoms with Gasteiger partial charge in [-0.2, -0.15) is 4.98 Å². The Hall–Kier alpha value is -2.08. The zero-order valence-corrected chi connectivity index (χ0v) is 10.3. The molecule has 6 nitrogen and oxygen atoms in total. The molecule has 0 aliphatic carbocycles. The van der Waals surface area contributed by atoms with E-state index in [-0.39, 0.29) is 6.61 Å². The Balaban J connectivity index is 2.08. The van der Waals surface area contributed by atoms with Gasteiger partial charge >= 0.3 is 0 Å². The highest BCUT2D eigenvalue weighted by Gasteiger charge is 2.08. The number of ether oxygens (including phenoxy) is 2. The highest BCUT2D eigenvalue weighted by Crippen LogP contribution is 2.28. The van der Waals surface area contributed by atoms with E-state index >= 15 is 0 Å². The van der Waals surface area contributed by atoms with Gasteiger partial charge in [0.15, 0.2) is 18.1 Å². The molecule has 96 valence electrons. The van der Waals surface area contributed by atoms with E-state index < -0.39 is 0 Å². The van der Waals surface area contributed by atoms with Gasteiger partial charge in [-0.3, -0.25) is 0 Å². The molecule has 6 heteroatoms. The summed E-state index contributed by atoms with van der Waals surface area (Å²) in [6.45, 7) is 2.42. The van der Waals surface area contributed by atoms with E-state index in [0.29, 0.717) is 29.8 Å². The van der Waals surface area contributed by atoms with E-state index in [1.165, 1.54) is 0 Å². The van der Waals surface area contributed by atoms with Crippen LogP contribution >= 0.6 is 0 Å². The molecule has 0 unspecified atom stereocenters. The third-order valence-electron chi connectivity index (χ3n) is 2.39. The first-order chi connectivity index (χ1) is 8.72. The van der Waals surface area contributed by atoms with Crippen molar-refractivity contribution in [1.82, 2.24) is 10.1 Å². The lowest BCUT2D eigenvalue weighted by atomic mass is 10.2. The minimum absolute atomic E-state index is 0.232. The average Bonchev–Trinajstić information content (AvgIpc) is 2.82. The number of hydrogen-bond acceptors (Lipinski definition) is 6. The predicted molar refractivity (Wildman–Crippen MR) is 64.3 cm³/mol. The summed E-state index contributed by atoms with van der Waals surface area (Å²) >= 11 is 0. The molecule has 0 bridgehead atoms. The van der Waals surface area contributed by atoms with Crippen LogP contribution in [0.5, 0.6) is 11.5 Å². The van der Waals surface area contributed by atoms with E-state index in [1.807, 2.05) is 18.2 Å². The normalized spacial score (nSPS) is 10.4. The molecule has 0 spiro atoms. The summed E-state index contributed by atoms with van der Waals surface area (Å²) in [5.74, 6) is 2.27. The number of methoxy groups -OCH3 is 1. The van der Waals surface area contributed by atoms with Gasteiger partial charge in [0, 0.05) is 13.5 Å². The summed E-state index contributed by atoms with van der Waals surface area (Å²) in [6, 6.07) is 5.55. The van der Waals surface area contributed by atoms with E-state index in [4.69, 9.17) is 19.7 Å². The zero-order chi connectivity index (χ0) is 13.0. The first-order valence-electron chi connectivity index (χ1n) is 5.52. The Kier molecular flexibility index (Phi) is 3.78. The number of benzene rings is 1. The lowest BCUT2D eigenvalue weighted by Crippen LogP contribution is -2.01. The zero-order valence-electron chi connectivity index (χ0n) is 10.3. The summed E-state index contributed by atoms with van der Waals surface area (Å²) in [5.41, 5.74) is 6.54. The summed E-state index contributed by atoms with van der Waals surface area (Å²) in [4.78, 5) is 4.05. The molecule has 1 aromatic heterocycles. The van der Waals surface area contributed by atoms with Crippen molar-refractivity contribution >= 4 is 0 Å². The predicted octanol–water partition coefficient (Wildman–Crippen LogP) is 1.42.